The molecule has 0 saturated carbocycles. The number of nitrogens with zero attached hydrogens (tertiary/aromatic N) is 1. The van der Waals surface area contributed by atoms with Crippen LogP contribution in [0.2, 0.25) is 0 Å². The van der Waals surface area contributed by atoms with Crippen LogP contribution < -0.4 is 5.73 Å². The van der Waals surface area contributed by atoms with Gasteiger partial charge in [-0.15, -0.1) is 0 Å². The molecule has 1 saturated heterocycles. The van der Waals surface area contributed by atoms with Crippen LogP contribution >= 0.6 is 0 Å². The van der Waals surface area contributed by atoms with Crippen molar-refractivity contribution in [2.75, 3.05) is 6.54 Å². The average Bonchev–Trinajstić information content (AvgIpc) is 2.24. The minimum absolute atomic E-state index is 0.409. The van der Waals surface area contributed by atoms with Crippen LogP contribution in [-0.2, 0) is 6.54 Å². The largest absolute Gasteiger partial charge is 0.328 e. The third-order valence-corrected chi connectivity index (χ3v) is 3.28. The first kappa shape index (κ1) is 10.7. The Balaban J connectivity index is 1.95. The zero-order valence-electron chi connectivity index (χ0n) is 9.39. The van der Waals surface area contributed by atoms with Crippen LogP contribution in [0.5, 0.6) is 0 Å². The van der Waals surface area contributed by atoms with E-state index in [1.54, 1.807) is 0 Å². The summed E-state index contributed by atoms with van der Waals surface area (Å²) in [6.45, 7) is 4.48. The van der Waals surface area contributed by atoms with Crippen LogP contribution in [0.1, 0.15) is 25.3 Å². The minimum atomic E-state index is 0.409. The zero-order chi connectivity index (χ0) is 10.7. The number of likely N-dealkylation sites (tertiary alicyclic amines) is 1. The summed E-state index contributed by atoms with van der Waals surface area (Å²) >= 11 is 0. The lowest BCUT2D eigenvalue weighted by molar-refractivity contribution is 0.140. The number of piperidine rings is 1. The summed E-state index contributed by atoms with van der Waals surface area (Å²) < 4.78 is 0. The molecule has 0 bridgehead atoms. The predicted octanol–water partition coefficient (Wildman–Crippen LogP) is 2.00. The molecule has 2 heteroatoms. The number of benzene rings is 1. The van der Waals surface area contributed by atoms with Crippen LogP contribution in [0.3, 0.4) is 0 Å². The van der Waals surface area contributed by atoms with E-state index in [-0.39, 0.29) is 0 Å². The Labute approximate surface area is 92.1 Å². The molecule has 0 aliphatic carbocycles. The Morgan fingerprint density at radius 1 is 1.33 bits per heavy atom. The highest BCUT2D eigenvalue weighted by atomic mass is 15.2. The molecule has 2 nitrogen and oxygen atoms in total. The number of hydrogen-bond donors (Lipinski definition) is 1. The maximum Gasteiger partial charge on any atom is 0.0236 e. The van der Waals surface area contributed by atoms with Gasteiger partial charge in [-0.05, 0) is 25.3 Å². The van der Waals surface area contributed by atoms with Crippen LogP contribution in [0, 0.1) is 0 Å². The standard InChI is InChI=1S/C13H20N2/c1-11-9-13(14)7-8-15(11)10-12-5-3-2-4-6-12/h2-6,11,13H,7-10,14H2,1H3/t11-,13-/m0/s1. The summed E-state index contributed by atoms with van der Waals surface area (Å²) in [5.74, 6) is 0. The van der Waals surface area contributed by atoms with E-state index in [9.17, 15) is 0 Å². The van der Waals surface area contributed by atoms with Crippen molar-refractivity contribution in [1.82, 2.24) is 4.90 Å². The summed E-state index contributed by atoms with van der Waals surface area (Å²) in [6.07, 6.45) is 2.27. The van der Waals surface area contributed by atoms with Gasteiger partial charge >= 0.3 is 0 Å². The quantitative estimate of drug-likeness (QED) is 0.798. The summed E-state index contributed by atoms with van der Waals surface area (Å²) in [7, 11) is 0. The van der Waals surface area contributed by atoms with Crippen LogP contribution in [0.15, 0.2) is 30.3 Å². The fourth-order valence-electron chi connectivity index (χ4n) is 2.31. The van der Waals surface area contributed by atoms with Crippen molar-refractivity contribution in [2.24, 2.45) is 5.73 Å². The van der Waals surface area contributed by atoms with Gasteiger partial charge in [-0.2, -0.15) is 0 Å². The highest BCUT2D eigenvalue weighted by molar-refractivity contribution is 5.14. The molecule has 0 aromatic heterocycles. The summed E-state index contributed by atoms with van der Waals surface area (Å²) in [6, 6.07) is 11.7. The van der Waals surface area contributed by atoms with Gasteiger partial charge in [-0.1, -0.05) is 30.3 Å². The highest BCUT2D eigenvalue weighted by Crippen LogP contribution is 2.18. The SMILES string of the molecule is C[C@H]1C[C@@H](N)CCN1Cc1ccccc1. The Hall–Kier alpha value is -0.860. The molecule has 0 amide bonds. The molecule has 1 aliphatic rings. The number of rotatable bonds is 2. The predicted molar refractivity (Wildman–Crippen MR) is 63.5 cm³/mol. The van der Waals surface area contributed by atoms with Gasteiger partial charge in [0.15, 0.2) is 0 Å². The second-order valence-corrected chi connectivity index (χ2v) is 4.59. The second-order valence-electron chi connectivity index (χ2n) is 4.59. The molecule has 82 valence electrons. The van der Waals surface area contributed by atoms with E-state index in [4.69, 9.17) is 5.73 Å². The molecule has 1 aromatic rings. The van der Waals surface area contributed by atoms with Crippen LogP contribution in [-0.4, -0.2) is 23.5 Å². The van der Waals surface area contributed by atoms with Gasteiger partial charge in [0.25, 0.3) is 0 Å². The molecule has 1 aliphatic heterocycles. The minimum Gasteiger partial charge on any atom is -0.328 e. The number of hydrogen-bond acceptors (Lipinski definition) is 2. The van der Waals surface area contributed by atoms with Gasteiger partial charge < -0.3 is 5.73 Å². The van der Waals surface area contributed by atoms with Gasteiger partial charge in [0.05, 0.1) is 0 Å². The molecule has 0 unspecified atom stereocenters. The van der Waals surface area contributed by atoms with Crippen molar-refractivity contribution in [1.29, 1.82) is 0 Å². The second kappa shape index (κ2) is 4.77. The summed E-state index contributed by atoms with van der Waals surface area (Å²) in [5, 5.41) is 0. The van der Waals surface area contributed by atoms with E-state index in [1.165, 1.54) is 5.56 Å². The van der Waals surface area contributed by atoms with Crippen molar-refractivity contribution in [2.45, 2.75) is 38.4 Å². The van der Waals surface area contributed by atoms with Gasteiger partial charge in [-0.25, -0.2) is 0 Å². The molecule has 2 rings (SSSR count). The monoisotopic (exact) mass is 204 g/mol. The van der Waals surface area contributed by atoms with Crippen LogP contribution in [0.25, 0.3) is 0 Å². The molecule has 2 N–H and O–H groups in total. The summed E-state index contributed by atoms with van der Waals surface area (Å²) in [4.78, 5) is 2.53. The van der Waals surface area contributed by atoms with Crippen molar-refractivity contribution < 1.29 is 0 Å². The van der Waals surface area contributed by atoms with E-state index in [0.717, 1.165) is 25.9 Å². The number of nitrogens with two attached hydrogens (primary N) is 1. The maximum absolute atomic E-state index is 5.95. The van der Waals surface area contributed by atoms with E-state index < -0.39 is 0 Å². The van der Waals surface area contributed by atoms with Crippen molar-refractivity contribution in [3.05, 3.63) is 35.9 Å². The molecule has 1 heterocycles. The molecular formula is C13H20N2. The first-order valence-corrected chi connectivity index (χ1v) is 5.79. The Morgan fingerprint density at radius 3 is 2.73 bits per heavy atom. The Bertz CT molecular complexity index is 297. The maximum atomic E-state index is 5.95. The molecule has 1 aromatic carbocycles. The molecule has 1 fully saturated rings. The fourth-order valence-corrected chi connectivity index (χ4v) is 2.31. The first-order valence-electron chi connectivity index (χ1n) is 5.79. The normalized spacial score (nSPS) is 27.9. The molecular weight excluding hydrogens is 184 g/mol. The molecule has 0 radical (unpaired) electrons. The lowest BCUT2D eigenvalue weighted by atomic mass is 9.98. The lowest BCUT2D eigenvalue weighted by Crippen LogP contribution is -2.44. The third-order valence-electron chi connectivity index (χ3n) is 3.28. The smallest absolute Gasteiger partial charge is 0.0236 e. The topological polar surface area (TPSA) is 29.3 Å². The lowest BCUT2D eigenvalue weighted by Gasteiger charge is -2.36. The first-order chi connectivity index (χ1) is 7.25. The van der Waals surface area contributed by atoms with Crippen molar-refractivity contribution >= 4 is 0 Å². The average molecular weight is 204 g/mol. The Morgan fingerprint density at radius 2 is 2.07 bits per heavy atom. The highest BCUT2D eigenvalue weighted by Gasteiger charge is 2.22. The van der Waals surface area contributed by atoms with Crippen molar-refractivity contribution in [3.8, 4) is 0 Å². The van der Waals surface area contributed by atoms with Crippen LogP contribution in [0.4, 0.5) is 0 Å². The van der Waals surface area contributed by atoms with Gasteiger partial charge in [-0.3, -0.25) is 4.90 Å². The molecule has 2 atom stereocenters. The van der Waals surface area contributed by atoms with Gasteiger partial charge in [0.2, 0.25) is 0 Å². The summed E-state index contributed by atoms with van der Waals surface area (Å²) in [5.41, 5.74) is 7.36. The molecule has 15 heavy (non-hydrogen) atoms. The van der Waals surface area contributed by atoms with Crippen molar-refractivity contribution in [3.63, 3.8) is 0 Å². The zero-order valence-corrected chi connectivity index (χ0v) is 9.39. The van der Waals surface area contributed by atoms with E-state index in [1.807, 2.05) is 0 Å². The van der Waals surface area contributed by atoms with Gasteiger partial charge in [0.1, 0.15) is 0 Å². The fraction of sp³-hybridized carbons (Fsp3) is 0.538. The third kappa shape index (κ3) is 2.80. The van der Waals surface area contributed by atoms with E-state index >= 15 is 0 Å². The van der Waals surface area contributed by atoms with E-state index in [2.05, 4.69) is 42.2 Å². The van der Waals surface area contributed by atoms with Gasteiger partial charge in [0, 0.05) is 25.2 Å². The molecule has 0 spiro atoms. The van der Waals surface area contributed by atoms with E-state index in [0.29, 0.717) is 12.1 Å². The Kier molecular flexibility index (Phi) is 3.39.